The average Bonchev–Trinajstić information content (AvgIpc) is 3.40. The molecule has 218 valence electrons. The van der Waals surface area contributed by atoms with Crippen LogP contribution in [0, 0.1) is 5.92 Å². The van der Waals surface area contributed by atoms with Crippen LogP contribution in [-0.4, -0.2) is 36.3 Å². The van der Waals surface area contributed by atoms with Crippen LogP contribution in [0.2, 0.25) is 0 Å². The van der Waals surface area contributed by atoms with Gasteiger partial charge in [0.1, 0.15) is 5.82 Å². The van der Waals surface area contributed by atoms with Crippen LogP contribution < -0.4 is 0 Å². The lowest BCUT2D eigenvalue weighted by Crippen LogP contribution is -2.03. The Bertz CT molecular complexity index is 1730. The Morgan fingerprint density at radius 1 is 0.721 bits per heavy atom. The molecule has 0 aliphatic rings. The van der Waals surface area contributed by atoms with Gasteiger partial charge >= 0.3 is 11.9 Å². The van der Waals surface area contributed by atoms with Gasteiger partial charge in [-0.1, -0.05) is 111 Å². The summed E-state index contributed by atoms with van der Waals surface area (Å²) in [4.78, 5) is 28.1. The molecule has 1 aromatic heterocycles. The summed E-state index contributed by atoms with van der Waals surface area (Å²) in [5.41, 5.74) is 5.90. The molecule has 0 unspecified atom stereocenters. The zero-order valence-corrected chi connectivity index (χ0v) is 25.4. The van der Waals surface area contributed by atoms with Gasteiger partial charge in [-0.3, -0.25) is 0 Å². The van der Waals surface area contributed by atoms with E-state index in [0.717, 1.165) is 34.5 Å². The predicted molar refractivity (Wildman–Crippen MR) is 172 cm³/mol. The lowest BCUT2D eigenvalue weighted by atomic mass is 9.99. The molecule has 7 nitrogen and oxygen atoms in total. The minimum atomic E-state index is -0.939. The van der Waals surface area contributed by atoms with Gasteiger partial charge in [0, 0.05) is 17.9 Å². The maximum atomic E-state index is 11.6. The van der Waals surface area contributed by atoms with Crippen LogP contribution in [0.5, 0.6) is 0 Å². The molecule has 0 atom stereocenters. The van der Waals surface area contributed by atoms with Crippen molar-refractivity contribution in [2.24, 2.45) is 5.92 Å². The Hall–Kier alpha value is -4.34. The van der Waals surface area contributed by atoms with E-state index in [1.54, 1.807) is 48.0 Å². The Morgan fingerprint density at radius 3 is 1.70 bits per heavy atom. The van der Waals surface area contributed by atoms with Crippen LogP contribution >= 0.6 is 23.7 Å². The van der Waals surface area contributed by atoms with Crippen molar-refractivity contribution in [3.63, 3.8) is 0 Å². The van der Waals surface area contributed by atoms with E-state index in [0.29, 0.717) is 33.7 Å². The molecule has 0 radical (unpaired) electrons. The van der Waals surface area contributed by atoms with E-state index in [2.05, 4.69) is 13.8 Å². The number of carbonyl (C=O) groups is 2. The molecule has 9 heteroatoms. The summed E-state index contributed by atoms with van der Waals surface area (Å²) in [6.45, 7) is 4.32. The highest BCUT2D eigenvalue weighted by Gasteiger charge is 2.15. The third kappa shape index (κ3) is 7.55. The van der Waals surface area contributed by atoms with E-state index in [-0.39, 0.29) is 11.1 Å². The van der Waals surface area contributed by atoms with Crippen molar-refractivity contribution < 1.29 is 19.8 Å². The molecule has 2 N–H and O–H groups in total. The molecule has 5 aromatic rings. The van der Waals surface area contributed by atoms with Crippen LogP contribution in [0.3, 0.4) is 0 Å². The van der Waals surface area contributed by atoms with Crippen molar-refractivity contribution in [3.8, 4) is 22.3 Å². The normalized spacial score (nSPS) is 11.1. The SMILES string of the molecule is CC(C)Cc1nc(SCc2ccc(-c3ccccc3C(=O)O)cc2)nn1SCc1ccc(-c2ccccc2C(=O)O)cc1. The first kappa shape index (κ1) is 30.1. The van der Waals surface area contributed by atoms with Crippen LogP contribution in [0.25, 0.3) is 22.3 Å². The quantitative estimate of drug-likeness (QED) is 0.136. The average molecular weight is 610 g/mol. The molecule has 0 saturated heterocycles. The molecular formula is C34H31N3O4S2. The first-order valence-corrected chi connectivity index (χ1v) is 15.8. The molecule has 0 bridgehead atoms. The Labute approximate surface area is 259 Å². The molecule has 0 saturated carbocycles. The fourth-order valence-corrected chi connectivity index (χ4v) is 6.36. The largest absolute Gasteiger partial charge is 0.478 e. The van der Waals surface area contributed by atoms with Gasteiger partial charge in [-0.2, -0.15) is 4.09 Å². The second-order valence-electron chi connectivity index (χ2n) is 10.4. The number of aromatic carboxylic acids is 2. The minimum Gasteiger partial charge on any atom is -0.478 e. The molecular weight excluding hydrogens is 579 g/mol. The van der Waals surface area contributed by atoms with Crippen molar-refractivity contribution in [1.82, 2.24) is 14.2 Å². The highest BCUT2D eigenvalue weighted by Crippen LogP contribution is 2.29. The van der Waals surface area contributed by atoms with Gasteiger partial charge in [0.25, 0.3) is 0 Å². The summed E-state index contributed by atoms with van der Waals surface area (Å²) in [6.07, 6.45) is 0.809. The van der Waals surface area contributed by atoms with E-state index < -0.39 is 11.9 Å². The topological polar surface area (TPSA) is 105 Å². The number of carboxylic acids is 2. The fourth-order valence-electron chi connectivity index (χ4n) is 4.65. The molecule has 0 aliphatic carbocycles. The Balaban J connectivity index is 1.25. The highest BCUT2D eigenvalue weighted by atomic mass is 32.2. The number of benzene rings is 4. The number of carboxylic acid groups (broad SMARTS) is 2. The monoisotopic (exact) mass is 609 g/mol. The molecule has 0 fully saturated rings. The van der Waals surface area contributed by atoms with E-state index in [9.17, 15) is 19.8 Å². The third-order valence-electron chi connectivity index (χ3n) is 6.78. The summed E-state index contributed by atoms with van der Waals surface area (Å²) in [5.74, 6) is 0.859. The zero-order chi connectivity index (χ0) is 30.3. The van der Waals surface area contributed by atoms with E-state index in [1.807, 2.05) is 76.9 Å². The molecule has 1 heterocycles. The number of hydrogen-bond acceptors (Lipinski definition) is 6. The zero-order valence-electron chi connectivity index (χ0n) is 23.8. The number of rotatable bonds is 12. The standard InChI is InChI=1S/C34H31N3O4S2/c1-22(2)19-31-35-34(42-20-23-11-15-25(16-12-23)27-7-3-5-9-29(27)32(38)39)36-37(31)43-21-24-13-17-26(18-14-24)28-8-4-6-10-30(28)33(40)41/h3-18,22H,19-21H2,1-2H3,(H,38,39)(H,40,41). The van der Waals surface area contributed by atoms with Gasteiger partial charge in [0.05, 0.1) is 11.1 Å². The van der Waals surface area contributed by atoms with Gasteiger partial charge in [0.15, 0.2) is 0 Å². The number of aromatic nitrogens is 3. The van der Waals surface area contributed by atoms with Crippen molar-refractivity contribution >= 4 is 35.6 Å². The van der Waals surface area contributed by atoms with Gasteiger partial charge in [-0.05, 0) is 63.4 Å². The Morgan fingerprint density at radius 2 is 1.21 bits per heavy atom. The predicted octanol–water partition coefficient (Wildman–Crippen LogP) is 8.20. The van der Waals surface area contributed by atoms with Crippen LogP contribution in [0.15, 0.2) is 102 Å². The molecule has 0 spiro atoms. The third-order valence-corrected chi connectivity index (χ3v) is 8.69. The summed E-state index contributed by atoms with van der Waals surface area (Å²) < 4.78 is 1.92. The van der Waals surface area contributed by atoms with Gasteiger partial charge in [-0.15, -0.1) is 5.10 Å². The maximum Gasteiger partial charge on any atom is 0.336 e. The molecule has 4 aromatic carbocycles. The van der Waals surface area contributed by atoms with Crippen molar-refractivity contribution in [1.29, 1.82) is 0 Å². The first-order chi connectivity index (χ1) is 20.8. The van der Waals surface area contributed by atoms with E-state index in [1.165, 1.54) is 0 Å². The van der Waals surface area contributed by atoms with E-state index in [4.69, 9.17) is 10.1 Å². The van der Waals surface area contributed by atoms with Gasteiger partial charge in [0.2, 0.25) is 5.16 Å². The van der Waals surface area contributed by atoms with Gasteiger partial charge < -0.3 is 10.2 Å². The second-order valence-corrected chi connectivity index (χ2v) is 12.3. The van der Waals surface area contributed by atoms with Gasteiger partial charge in [-0.25, -0.2) is 14.6 Å². The lowest BCUT2D eigenvalue weighted by molar-refractivity contribution is 0.0687. The van der Waals surface area contributed by atoms with Crippen LogP contribution in [-0.2, 0) is 17.9 Å². The van der Waals surface area contributed by atoms with Crippen LogP contribution in [0.1, 0.15) is 51.5 Å². The lowest BCUT2D eigenvalue weighted by Gasteiger charge is -2.09. The second kappa shape index (κ2) is 13.8. The molecule has 0 amide bonds. The maximum absolute atomic E-state index is 11.6. The molecule has 43 heavy (non-hydrogen) atoms. The number of nitrogens with zero attached hydrogens (tertiary/aromatic N) is 3. The minimum absolute atomic E-state index is 0.286. The van der Waals surface area contributed by atoms with Crippen molar-refractivity contribution in [2.45, 2.75) is 36.9 Å². The highest BCUT2D eigenvalue weighted by molar-refractivity contribution is 7.98. The van der Waals surface area contributed by atoms with Crippen molar-refractivity contribution in [2.75, 3.05) is 0 Å². The number of thioether (sulfide) groups is 1. The summed E-state index contributed by atoms with van der Waals surface area (Å²) >= 11 is 3.16. The molecule has 5 rings (SSSR count). The first-order valence-electron chi connectivity index (χ1n) is 13.8. The van der Waals surface area contributed by atoms with E-state index >= 15 is 0 Å². The smallest absolute Gasteiger partial charge is 0.336 e. The summed E-state index contributed by atoms with van der Waals surface area (Å²) in [5, 5.41) is 24.5. The van der Waals surface area contributed by atoms with Crippen LogP contribution in [0.4, 0.5) is 0 Å². The van der Waals surface area contributed by atoms with Crippen molar-refractivity contribution in [3.05, 3.63) is 125 Å². The summed E-state index contributed by atoms with van der Waals surface area (Å²) in [7, 11) is 0. The molecule has 0 aliphatic heterocycles. The Kier molecular flexibility index (Phi) is 9.64. The fraction of sp³-hybridized carbons (Fsp3) is 0.176. The summed E-state index contributed by atoms with van der Waals surface area (Å²) in [6, 6.07) is 29.9. The number of hydrogen-bond donors (Lipinski definition) is 2.